The molecule has 0 unspecified atom stereocenters. The van der Waals surface area contributed by atoms with Crippen LogP contribution in [0.15, 0.2) is 22.8 Å². The van der Waals surface area contributed by atoms with E-state index in [9.17, 15) is 8.42 Å². The van der Waals surface area contributed by atoms with Gasteiger partial charge < -0.3 is 4.74 Å². The van der Waals surface area contributed by atoms with Crippen LogP contribution in [0, 0.1) is 0 Å². The molecular weight excluding hydrogens is 296 g/mol. The highest BCUT2D eigenvalue weighted by atomic mass is 79.9. The molecule has 0 atom stereocenters. The van der Waals surface area contributed by atoms with Gasteiger partial charge in [-0.2, -0.15) is 0 Å². The van der Waals surface area contributed by atoms with Gasteiger partial charge in [-0.1, -0.05) is 0 Å². The Balaban J connectivity index is 2.63. The molecule has 1 aromatic rings. The SMILES string of the molecule is COCCCS(=O)(=O)Nc1ncccc1Br. The van der Waals surface area contributed by atoms with E-state index >= 15 is 0 Å². The van der Waals surface area contributed by atoms with Crippen LogP contribution in [-0.4, -0.2) is 32.9 Å². The van der Waals surface area contributed by atoms with Gasteiger partial charge >= 0.3 is 0 Å². The number of halogens is 1. The molecular formula is C9H13BrN2O3S. The van der Waals surface area contributed by atoms with Gasteiger partial charge in [0.2, 0.25) is 10.0 Å². The van der Waals surface area contributed by atoms with Gasteiger partial charge in [0, 0.05) is 19.9 Å². The van der Waals surface area contributed by atoms with E-state index in [1.165, 1.54) is 13.3 Å². The first-order valence-electron chi connectivity index (χ1n) is 4.65. The number of aromatic nitrogens is 1. The molecule has 1 N–H and O–H groups in total. The predicted molar refractivity (Wildman–Crippen MR) is 65.8 cm³/mol. The average molecular weight is 309 g/mol. The molecule has 0 aromatic carbocycles. The van der Waals surface area contributed by atoms with Crippen molar-refractivity contribution in [1.82, 2.24) is 4.98 Å². The molecule has 0 aliphatic heterocycles. The summed E-state index contributed by atoms with van der Waals surface area (Å²) in [5, 5.41) is 0. The van der Waals surface area contributed by atoms with Crippen molar-refractivity contribution in [3.05, 3.63) is 22.8 Å². The molecule has 1 aromatic heterocycles. The van der Waals surface area contributed by atoms with Gasteiger partial charge in [0.25, 0.3) is 0 Å². The number of hydrogen-bond donors (Lipinski definition) is 1. The zero-order valence-corrected chi connectivity index (χ0v) is 11.2. The fraction of sp³-hybridized carbons (Fsp3) is 0.444. The summed E-state index contributed by atoms with van der Waals surface area (Å²) in [6, 6.07) is 3.44. The number of ether oxygens (including phenoxy) is 1. The van der Waals surface area contributed by atoms with E-state index in [1.54, 1.807) is 12.1 Å². The smallest absolute Gasteiger partial charge is 0.233 e. The molecule has 16 heavy (non-hydrogen) atoms. The van der Waals surface area contributed by atoms with Crippen molar-refractivity contribution < 1.29 is 13.2 Å². The zero-order chi connectivity index (χ0) is 12.0. The number of nitrogens with one attached hydrogen (secondary N) is 1. The normalized spacial score (nSPS) is 11.4. The Morgan fingerprint density at radius 1 is 1.56 bits per heavy atom. The number of sulfonamides is 1. The van der Waals surface area contributed by atoms with Gasteiger partial charge in [0.1, 0.15) is 0 Å². The minimum absolute atomic E-state index is 0.0177. The van der Waals surface area contributed by atoms with Crippen LogP contribution in [0.1, 0.15) is 6.42 Å². The van der Waals surface area contributed by atoms with E-state index < -0.39 is 10.0 Å². The summed E-state index contributed by atoms with van der Waals surface area (Å²) < 4.78 is 31.0. The Morgan fingerprint density at radius 3 is 2.94 bits per heavy atom. The standard InChI is InChI=1S/C9H13BrN2O3S/c1-15-6-3-7-16(13,14)12-9-8(10)4-2-5-11-9/h2,4-5H,3,6-7H2,1H3,(H,11,12). The van der Waals surface area contributed by atoms with E-state index in [-0.39, 0.29) is 5.75 Å². The van der Waals surface area contributed by atoms with Crippen molar-refractivity contribution in [1.29, 1.82) is 0 Å². The van der Waals surface area contributed by atoms with Crippen LogP contribution in [0.2, 0.25) is 0 Å². The molecule has 0 saturated carbocycles. The highest BCUT2D eigenvalue weighted by molar-refractivity contribution is 9.10. The van der Waals surface area contributed by atoms with Gasteiger partial charge in [0.05, 0.1) is 10.2 Å². The minimum Gasteiger partial charge on any atom is -0.385 e. The van der Waals surface area contributed by atoms with E-state index in [0.717, 1.165) is 0 Å². The predicted octanol–water partition coefficient (Wildman–Crippen LogP) is 1.62. The largest absolute Gasteiger partial charge is 0.385 e. The Labute approximate surface area is 103 Å². The lowest BCUT2D eigenvalue weighted by Gasteiger charge is -2.07. The Morgan fingerprint density at radius 2 is 2.31 bits per heavy atom. The van der Waals surface area contributed by atoms with Gasteiger partial charge in [0.15, 0.2) is 5.82 Å². The number of pyridine rings is 1. The fourth-order valence-electron chi connectivity index (χ4n) is 1.05. The van der Waals surface area contributed by atoms with Crippen molar-refractivity contribution >= 4 is 31.8 Å². The van der Waals surface area contributed by atoms with Gasteiger partial charge in [-0.05, 0) is 34.5 Å². The molecule has 5 nitrogen and oxygen atoms in total. The second-order valence-corrected chi connectivity index (χ2v) is 5.80. The van der Waals surface area contributed by atoms with Crippen molar-refractivity contribution in [2.24, 2.45) is 0 Å². The van der Waals surface area contributed by atoms with Crippen LogP contribution in [0.5, 0.6) is 0 Å². The van der Waals surface area contributed by atoms with Crippen LogP contribution in [0.3, 0.4) is 0 Å². The van der Waals surface area contributed by atoms with Gasteiger partial charge in [-0.25, -0.2) is 13.4 Å². The fourth-order valence-corrected chi connectivity index (χ4v) is 2.59. The van der Waals surface area contributed by atoms with E-state index in [4.69, 9.17) is 4.74 Å². The third kappa shape index (κ3) is 4.46. The first-order chi connectivity index (χ1) is 7.55. The van der Waals surface area contributed by atoms with E-state index in [1.807, 2.05) is 0 Å². The molecule has 0 amide bonds. The molecule has 0 aliphatic carbocycles. The van der Waals surface area contributed by atoms with Crippen molar-refractivity contribution in [3.63, 3.8) is 0 Å². The maximum Gasteiger partial charge on any atom is 0.233 e. The molecule has 0 radical (unpaired) electrons. The molecule has 1 rings (SSSR count). The summed E-state index contributed by atoms with van der Waals surface area (Å²) >= 11 is 3.22. The third-order valence-electron chi connectivity index (χ3n) is 1.77. The molecule has 0 saturated heterocycles. The summed E-state index contributed by atoms with van der Waals surface area (Å²) in [5.74, 6) is 0.323. The molecule has 0 spiro atoms. The maximum atomic E-state index is 11.6. The lowest BCUT2D eigenvalue weighted by atomic mass is 10.5. The summed E-state index contributed by atoms with van der Waals surface area (Å²) in [6.07, 6.45) is 1.98. The van der Waals surface area contributed by atoms with Crippen LogP contribution in [-0.2, 0) is 14.8 Å². The van der Waals surface area contributed by atoms with Crippen LogP contribution >= 0.6 is 15.9 Å². The van der Waals surface area contributed by atoms with Gasteiger partial charge in [-0.15, -0.1) is 0 Å². The lowest BCUT2D eigenvalue weighted by Crippen LogP contribution is -2.18. The Hall–Kier alpha value is -0.660. The quantitative estimate of drug-likeness (QED) is 0.811. The Bertz CT molecular complexity index is 436. The topological polar surface area (TPSA) is 68.3 Å². The highest BCUT2D eigenvalue weighted by Crippen LogP contribution is 2.19. The molecule has 0 aliphatic rings. The monoisotopic (exact) mass is 308 g/mol. The first kappa shape index (κ1) is 13.4. The molecule has 7 heteroatoms. The lowest BCUT2D eigenvalue weighted by molar-refractivity contribution is 0.199. The minimum atomic E-state index is -3.35. The molecule has 1 heterocycles. The van der Waals surface area contributed by atoms with Crippen LogP contribution in [0.25, 0.3) is 0 Å². The van der Waals surface area contributed by atoms with Crippen molar-refractivity contribution in [2.45, 2.75) is 6.42 Å². The summed E-state index contributed by atoms with van der Waals surface area (Å²) in [7, 11) is -1.81. The van der Waals surface area contributed by atoms with Gasteiger partial charge in [-0.3, -0.25) is 4.72 Å². The van der Waals surface area contributed by atoms with Crippen LogP contribution in [0.4, 0.5) is 5.82 Å². The highest BCUT2D eigenvalue weighted by Gasteiger charge is 2.12. The number of nitrogens with zero attached hydrogens (tertiary/aromatic N) is 1. The first-order valence-corrected chi connectivity index (χ1v) is 7.09. The summed E-state index contributed by atoms with van der Waals surface area (Å²) in [6.45, 7) is 0.421. The van der Waals surface area contributed by atoms with E-state index in [0.29, 0.717) is 23.3 Å². The second-order valence-electron chi connectivity index (χ2n) is 3.10. The third-order valence-corrected chi connectivity index (χ3v) is 3.74. The number of anilines is 1. The van der Waals surface area contributed by atoms with Crippen LogP contribution < -0.4 is 4.72 Å². The number of hydrogen-bond acceptors (Lipinski definition) is 4. The van der Waals surface area contributed by atoms with Crippen molar-refractivity contribution in [3.8, 4) is 0 Å². The Kier molecular flexibility index (Phi) is 5.17. The average Bonchev–Trinajstić information content (AvgIpc) is 2.21. The number of rotatable bonds is 6. The maximum absolute atomic E-state index is 11.6. The number of methoxy groups -OCH3 is 1. The van der Waals surface area contributed by atoms with E-state index in [2.05, 4.69) is 25.6 Å². The summed E-state index contributed by atoms with van der Waals surface area (Å²) in [5.41, 5.74) is 0. The molecule has 0 bridgehead atoms. The van der Waals surface area contributed by atoms with Crippen molar-refractivity contribution in [2.75, 3.05) is 24.2 Å². The molecule has 0 fully saturated rings. The molecule has 90 valence electrons. The summed E-state index contributed by atoms with van der Waals surface area (Å²) in [4.78, 5) is 3.92. The zero-order valence-electron chi connectivity index (χ0n) is 8.81. The second kappa shape index (κ2) is 6.17.